The number of esters is 2. The maximum Gasteiger partial charge on any atom is 0.354 e. The number of rotatable bonds is 4. The van der Waals surface area contributed by atoms with E-state index in [1.165, 1.54) is 14.2 Å². The lowest BCUT2D eigenvalue weighted by Gasteiger charge is -2.37. The second-order valence-electron chi connectivity index (χ2n) is 5.33. The summed E-state index contributed by atoms with van der Waals surface area (Å²) in [6.07, 6.45) is 1.16. The van der Waals surface area contributed by atoms with Crippen LogP contribution in [-0.2, 0) is 19.1 Å². The van der Waals surface area contributed by atoms with Crippen LogP contribution in [0.5, 0.6) is 0 Å². The third-order valence-corrected chi connectivity index (χ3v) is 4.82. The molecule has 1 saturated heterocycles. The summed E-state index contributed by atoms with van der Waals surface area (Å²) in [6.45, 7) is 2.37. The first-order valence-electron chi connectivity index (χ1n) is 7.64. The molecule has 0 saturated carbocycles. The molecule has 0 N–H and O–H groups in total. The van der Waals surface area contributed by atoms with Crippen LogP contribution in [0.25, 0.3) is 0 Å². The van der Waals surface area contributed by atoms with Gasteiger partial charge >= 0.3 is 11.9 Å². The quantitative estimate of drug-likeness (QED) is 0.414. The zero-order valence-electron chi connectivity index (χ0n) is 14.0. The third kappa shape index (κ3) is 5.02. The number of carbonyl (C=O) groups is 2. The zero-order valence-corrected chi connectivity index (χ0v) is 16.4. The molecule has 0 bridgehead atoms. The van der Waals surface area contributed by atoms with Crippen LogP contribution in [0.3, 0.4) is 0 Å². The molecule has 6 nitrogen and oxygen atoms in total. The minimum absolute atomic E-state index is 0.197. The summed E-state index contributed by atoms with van der Waals surface area (Å²) in [4.78, 5) is 28.1. The highest BCUT2D eigenvalue weighted by atomic mass is 79.9. The normalized spacial score (nSPS) is 14.9. The highest BCUT2D eigenvalue weighted by Gasteiger charge is 2.25. The summed E-state index contributed by atoms with van der Waals surface area (Å²) in [5.74, 6) is -1.15. The lowest BCUT2D eigenvalue weighted by atomic mass is 10.2. The van der Waals surface area contributed by atoms with Crippen LogP contribution in [-0.4, -0.2) is 67.1 Å². The van der Waals surface area contributed by atoms with Gasteiger partial charge in [0.05, 0.1) is 20.3 Å². The number of ether oxygens (including phenoxy) is 2. The van der Waals surface area contributed by atoms with Gasteiger partial charge in [-0.2, -0.15) is 0 Å². The van der Waals surface area contributed by atoms with Crippen molar-refractivity contribution in [2.75, 3.05) is 40.4 Å². The fourth-order valence-corrected chi connectivity index (χ4v) is 3.22. The molecule has 1 fully saturated rings. The Morgan fingerprint density at radius 3 is 2.32 bits per heavy atom. The van der Waals surface area contributed by atoms with Crippen molar-refractivity contribution < 1.29 is 19.1 Å². The van der Waals surface area contributed by atoms with E-state index in [0.29, 0.717) is 26.2 Å². The molecule has 0 spiro atoms. The fourth-order valence-electron chi connectivity index (χ4n) is 2.51. The van der Waals surface area contributed by atoms with E-state index >= 15 is 0 Å². The molecule has 0 aliphatic carbocycles. The lowest BCUT2D eigenvalue weighted by Crippen LogP contribution is -2.49. The molecule has 1 aromatic carbocycles. The first-order valence-corrected chi connectivity index (χ1v) is 8.84. The second-order valence-corrected chi connectivity index (χ2v) is 6.64. The van der Waals surface area contributed by atoms with Gasteiger partial charge < -0.3 is 19.3 Å². The number of piperazine rings is 1. The number of carbonyl (C=O) groups excluding carboxylic acids is 2. The Hall–Kier alpha value is -1.93. The van der Waals surface area contributed by atoms with Crippen molar-refractivity contribution >= 4 is 45.1 Å². The van der Waals surface area contributed by atoms with Crippen LogP contribution in [0.2, 0.25) is 0 Å². The van der Waals surface area contributed by atoms with Crippen molar-refractivity contribution in [3.63, 3.8) is 0 Å². The van der Waals surface area contributed by atoms with Gasteiger partial charge in [0.15, 0.2) is 0 Å². The Labute approximate surface area is 160 Å². The summed E-state index contributed by atoms with van der Waals surface area (Å²) >= 11 is 9.02. The van der Waals surface area contributed by atoms with Gasteiger partial charge in [-0.3, -0.25) is 0 Å². The van der Waals surface area contributed by atoms with E-state index in [1.54, 1.807) is 0 Å². The molecule has 0 amide bonds. The smallest absolute Gasteiger partial charge is 0.354 e. The molecule has 1 heterocycles. The summed E-state index contributed by atoms with van der Waals surface area (Å²) in [6, 6.07) is 7.84. The van der Waals surface area contributed by atoms with Gasteiger partial charge in [-0.05, 0) is 12.1 Å². The van der Waals surface area contributed by atoms with Crippen LogP contribution >= 0.6 is 28.1 Å². The number of hydrogen-bond acceptors (Lipinski definition) is 6. The molecule has 25 heavy (non-hydrogen) atoms. The van der Waals surface area contributed by atoms with E-state index in [0.717, 1.165) is 21.1 Å². The lowest BCUT2D eigenvalue weighted by molar-refractivity contribution is -0.140. The molecule has 0 atom stereocenters. The number of methoxy groups -OCH3 is 2. The molecule has 2 rings (SSSR count). The topological polar surface area (TPSA) is 59.1 Å². The largest absolute Gasteiger partial charge is 0.466 e. The van der Waals surface area contributed by atoms with Crippen molar-refractivity contribution in [2.24, 2.45) is 0 Å². The standard InChI is InChI=1S/C17H19BrN2O4S/c1-23-15(21)11-14(17(22)24-2)19-6-8-20(9-7-19)16(25)12-4-3-5-13(18)10-12/h3-5,10-11H,6-9H2,1-2H3. The fraction of sp³-hybridized carbons (Fsp3) is 0.353. The van der Waals surface area contributed by atoms with E-state index in [-0.39, 0.29) is 5.70 Å². The Balaban J connectivity index is 2.06. The average Bonchev–Trinajstić information content (AvgIpc) is 2.64. The first kappa shape index (κ1) is 19.4. The molecule has 1 aliphatic heterocycles. The van der Waals surface area contributed by atoms with Crippen LogP contribution in [0.1, 0.15) is 5.56 Å². The first-order chi connectivity index (χ1) is 12.0. The number of thiocarbonyl (C=S) groups is 1. The highest BCUT2D eigenvalue weighted by Crippen LogP contribution is 2.17. The maximum absolute atomic E-state index is 12.0. The molecule has 0 unspecified atom stereocenters. The number of benzene rings is 1. The monoisotopic (exact) mass is 426 g/mol. The van der Waals surface area contributed by atoms with Gasteiger partial charge in [0.2, 0.25) is 0 Å². The summed E-state index contributed by atoms with van der Waals surface area (Å²) in [5.41, 5.74) is 1.17. The maximum atomic E-state index is 12.0. The van der Waals surface area contributed by atoms with Gasteiger partial charge in [0.1, 0.15) is 10.7 Å². The molecule has 0 radical (unpaired) electrons. The van der Waals surface area contributed by atoms with Crippen molar-refractivity contribution in [3.05, 3.63) is 46.1 Å². The molecule has 0 aromatic heterocycles. The van der Waals surface area contributed by atoms with Crippen LogP contribution < -0.4 is 0 Å². The second kappa shape index (κ2) is 8.96. The summed E-state index contributed by atoms with van der Waals surface area (Å²) < 4.78 is 10.3. The number of hydrogen-bond donors (Lipinski definition) is 0. The number of halogens is 1. The predicted molar refractivity (Wildman–Crippen MR) is 101 cm³/mol. The highest BCUT2D eigenvalue weighted by molar-refractivity contribution is 9.10. The molecule has 1 aliphatic rings. The Bertz CT molecular complexity index is 700. The molecule has 134 valence electrons. The SMILES string of the molecule is COC(=O)C=C(C(=O)OC)N1CCN(C(=S)c2cccc(Br)c2)CC1. The predicted octanol–water partition coefficient (Wildman–Crippen LogP) is 1.97. The van der Waals surface area contributed by atoms with E-state index < -0.39 is 11.9 Å². The van der Waals surface area contributed by atoms with Crippen molar-refractivity contribution in [1.82, 2.24) is 9.80 Å². The van der Waals surface area contributed by atoms with E-state index in [2.05, 4.69) is 25.6 Å². The van der Waals surface area contributed by atoms with E-state index in [4.69, 9.17) is 17.0 Å². The van der Waals surface area contributed by atoms with Gasteiger partial charge in [-0.15, -0.1) is 0 Å². The van der Waals surface area contributed by atoms with E-state index in [9.17, 15) is 9.59 Å². The zero-order chi connectivity index (χ0) is 18.4. The van der Waals surface area contributed by atoms with Crippen molar-refractivity contribution in [2.45, 2.75) is 0 Å². The molecular weight excluding hydrogens is 408 g/mol. The summed E-state index contributed by atoms with van der Waals surface area (Å²) in [5, 5.41) is 0. The van der Waals surface area contributed by atoms with Gasteiger partial charge in [-0.1, -0.05) is 40.3 Å². The van der Waals surface area contributed by atoms with Crippen LogP contribution in [0, 0.1) is 0 Å². The van der Waals surface area contributed by atoms with Gasteiger partial charge in [0.25, 0.3) is 0 Å². The summed E-state index contributed by atoms with van der Waals surface area (Å²) in [7, 11) is 2.55. The minimum atomic E-state index is -0.590. The van der Waals surface area contributed by atoms with E-state index in [1.807, 2.05) is 29.2 Å². The van der Waals surface area contributed by atoms with Crippen molar-refractivity contribution in [3.8, 4) is 0 Å². The molecule has 8 heteroatoms. The Morgan fingerprint density at radius 2 is 1.76 bits per heavy atom. The third-order valence-electron chi connectivity index (χ3n) is 3.83. The number of nitrogens with zero attached hydrogens (tertiary/aromatic N) is 2. The molecular formula is C17H19BrN2O4S. The average molecular weight is 427 g/mol. The van der Waals surface area contributed by atoms with Gasteiger partial charge in [-0.25, -0.2) is 9.59 Å². The van der Waals surface area contributed by atoms with Crippen molar-refractivity contribution in [1.29, 1.82) is 0 Å². The Morgan fingerprint density at radius 1 is 1.12 bits per heavy atom. The van der Waals surface area contributed by atoms with Crippen LogP contribution in [0.4, 0.5) is 0 Å². The minimum Gasteiger partial charge on any atom is -0.466 e. The van der Waals surface area contributed by atoms with Crippen LogP contribution in [0.15, 0.2) is 40.5 Å². The van der Waals surface area contributed by atoms with Gasteiger partial charge in [0, 0.05) is 36.2 Å². The molecule has 1 aromatic rings. The Kier molecular flexibility index (Phi) is 6.95.